The number of hydrogen-bond acceptors (Lipinski definition) is 6. The molecule has 3 heterocycles. The SMILES string of the molecule is CCCCSc1nc(N)cc(N2CCC(N3CCCCC3)C2)n1. The van der Waals surface area contributed by atoms with Gasteiger partial charge in [-0.05, 0) is 38.8 Å². The summed E-state index contributed by atoms with van der Waals surface area (Å²) in [6, 6.07) is 2.62. The number of unbranched alkanes of at least 4 members (excludes halogenated alkanes) is 1. The van der Waals surface area contributed by atoms with Crippen molar-refractivity contribution in [2.75, 3.05) is 42.6 Å². The zero-order valence-corrected chi connectivity index (χ0v) is 15.0. The minimum atomic E-state index is 0.593. The maximum Gasteiger partial charge on any atom is 0.191 e. The number of piperidine rings is 1. The van der Waals surface area contributed by atoms with E-state index >= 15 is 0 Å². The summed E-state index contributed by atoms with van der Waals surface area (Å²) in [7, 11) is 0. The summed E-state index contributed by atoms with van der Waals surface area (Å²) in [4.78, 5) is 14.2. The van der Waals surface area contributed by atoms with Crippen LogP contribution in [0, 0.1) is 0 Å². The standard InChI is InChI=1S/C17H29N5S/c1-2-3-11-23-17-19-15(18)12-16(20-17)22-10-7-14(13-22)21-8-5-4-6-9-21/h12,14H,2-11,13H2,1H3,(H2,18,19,20). The molecular weight excluding hydrogens is 306 g/mol. The Balaban J connectivity index is 1.62. The van der Waals surface area contributed by atoms with E-state index in [1.807, 2.05) is 6.07 Å². The molecule has 0 aromatic carbocycles. The van der Waals surface area contributed by atoms with Gasteiger partial charge in [-0.1, -0.05) is 31.5 Å². The van der Waals surface area contributed by atoms with Gasteiger partial charge in [0.1, 0.15) is 11.6 Å². The topological polar surface area (TPSA) is 58.3 Å². The molecule has 2 aliphatic heterocycles. The normalized spacial score (nSPS) is 22.7. The molecule has 2 saturated heterocycles. The third kappa shape index (κ3) is 4.51. The van der Waals surface area contributed by atoms with Crippen molar-refractivity contribution >= 4 is 23.4 Å². The summed E-state index contributed by atoms with van der Waals surface area (Å²) in [6.45, 7) is 6.90. The minimum Gasteiger partial charge on any atom is -0.383 e. The minimum absolute atomic E-state index is 0.593. The Morgan fingerprint density at radius 3 is 2.83 bits per heavy atom. The number of nitrogens with two attached hydrogens (primary N) is 1. The summed E-state index contributed by atoms with van der Waals surface area (Å²) < 4.78 is 0. The Bertz CT molecular complexity index is 504. The lowest BCUT2D eigenvalue weighted by atomic mass is 10.1. The molecule has 0 radical (unpaired) electrons. The van der Waals surface area contributed by atoms with Crippen molar-refractivity contribution in [2.24, 2.45) is 0 Å². The zero-order chi connectivity index (χ0) is 16.1. The van der Waals surface area contributed by atoms with Crippen LogP contribution in [0.5, 0.6) is 0 Å². The monoisotopic (exact) mass is 335 g/mol. The maximum absolute atomic E-state index is 6.01. The van der Waals surface area contributed by atoms with E-state index in [1.54, 1.807) is 11.8 Å². The van der Waals surface area contributed by atoms with Crippen LogP contribution in [0.1, 0.15) is 45.4 Å². The first-order valence-corrected chi connectivity index (χ1v) is 10.0. The number of hydrogen-bond donors (Lipinski definition) is 1. The van der Waals surface area contributed by atoms with E-state index in [4.69, 9.17) is 10.7 Å². The molecule has 1 atom stereocenters. The van der Waals surface area contributed by atoms with Gasteiger partial charge < -0.3 is 10.6 Å². The van der Waals surface area contributed by atoms with Crippen LogP contribution in [-0.4, -0.2) is 52.8 Å². The van der Waals surface area contributed by atoms with Crippen LogP contribution in [0.2, 0.25) is 0 Å². The van der Waals surface area contributed by atoms with Crippen molar-refractivity contribution in [3.05, 3.63) is 6.07 Å². The molecule has 6 heteroatoms. The Kier molecular flexibility index (Phi) is 6.00. The highest BCUT2D eigenvalue weighted by molar-refractivity contribution is 7.99. The number of anilines is 2. The Labute approximate surface area is 144 Å². The molecule has 3 rings (SSSR count). The van der Waals surface area contributed by atoms with Crippen LogP contribution in [0.25, 0.3) is 0 Å². The summed E-state index contributed by atoms with van der Waals surface area (Å²) in [5.74, 6) is 2.67. The maximum atomic E-state index is 6.01. The predicted molar refractivity (Wildman–Crippen MR) is 98.1 cm³/mol. The van der Waals surface area contributed by atoms with Crippen molar-refractivity contribution in [1.29, 1.82) is 0 Å². The van der Waals surface area contributed by atoms with E-state index in [1.165, 1.54) is 51.6 Å². The molecule has 2 fully saturated rings. The second kappa shape index (κ2) is 8.20. The van der Waals surface area contributed by atoms with E-state index in [-0.39, 0.29) is 0 Å². The highest BCUT2D eigenvalue weighted by atomic mass is 32.2. The van der Waals surface area contributed by atoms with E-state index < -0.39 is 0 Å². The van der Waals surface area contributed by atoms with Crippen molar-refractivity contribution < 1.29 is 0 Å². The molecular formula is C17H29N5S. The third-order valence-electron chi connectivity index (χ3n) is 4.84. The van der Waals surface area contributed by atoms with Crippen LogP contribution in [-0.2, 0) is 0 Å². The van der Waals surface area contributed by atoms with Gasteiger partial charge in [-0.25, -0.2) is 9.97 Å². The lowest BCUT2D eigenvalue weighted by molar-refractivity contribution is 0.175. The first kappa shape index (κ1) is 16.8. The number of aromatic nitrogens is 2. The highest BCUT2D eigenvalue weighted by Crippen LogP contribution is 2.26. The van der Waals surface area contributed by atoms with Crippen LogP contribution in [0.15, 0.2) is 11.2 Å². The number of thioether (sulfide) groups is 1. The smallest absolute Gasteiger partial charge is 0.191 e. The quantitative estimate of drug-likeness (QED) is 0.490. The van der Waals surface area contributed by atoms with Crippen molar-refractivity contribution in [3.63, 3.8) is 0 Å². The van der Waals surface area contributed by atoms with Crippen LogP contribution in [0.3, 0.4) is 0 Å². The number of nitrogens with zero attached hydrogens (tertiary/aromatic N) is 4. The molecule has 0 amide bonds. The molecule has 5 nitrogen and oxygen atoms in total. The molecule has 2 N–H and O–H groups in total. The molecule has 0 aliphatic carbocycles. The fourth-order valence-corrected chi connectivity index (χ4v) is 4.44. The van der Waals surface area contributed by atoms with Crippen molar-refractivity contribution in [3.8, 4) is 0 Å². The van der Waals surface area contributed by atoms with E-state index in [0.29, 0.717) is 11.9 Å². The van der Waals surface area contributed by atoms with Gasteiger partial charge in [0.15, 0.2) is 5.16 Å². The number of rotatable bonds is 6. The van der Waals surface area contributed by atoms with Gasteiger partial charge >= 0.3 is 0 Å². The van der Waals surface area contributed by atoms with Gasteiger partial charge in [0, 0.05) is 31.0 Å². The largest absolute Gasteiger partial charge is 0.383 e. The fourth-order valence-electron chi connectivity index (χ4n) is 3.50. The average molecular weight is 336 g/mol. The van der Waals surface area contributed by atoms with Gasteiger partial charge in [0.2, 0.25) is 0 Å². The third-order valence-corrected chi connectivity index (χ3v) is 5.77. The first-order chi connectivity index (χ1) is 11.3. The molecule has 1 aromatic heterocycles. The summed E-state index contributed by atoms with van der Waals surface area (Å²) in [5.41, 5.74) is 6.01. The van der Waals surface area contributed by atoms with E-state index in [0.717, 1.165) is 29.8 Å². The van der Waals surface area contributed by atoms with E-state index in [9.17, 15) is 0 Å². The van der Waals surface area contributed by atoms with Crippen LogP contribution < -0.4 is 10.6 Å². The Hall–Kier alpha value is -1.01. The van der Waals surface area contributed by atoms with Gasteiger partial charge in [-0.15, -0.1) is 0 Å². The molecule has 1 unspecified atom stereocenters. The fraction of sp³-hybridized carbons (Fsp3) is 0.765. The van der Waals surface area contributed by atoms with E-state index in [2.05, 4.69) is 21.7 Å². The van der Waals surface area contributed by atoms with Gasteiger partial charge in [-0.2, -0.15) is 0 Å². The molecule has 0 saturated carbocycles. The second-order valence-electron chi connectivity index (χ2n) is 6.62. The molecule has 128 valence electrons. The van der Waals surface area contributed by atoms with Crippen molar-refractivity contribution in [2.45, 2.75) is 56.6 Å². The zero-order valence-electron chi connectivity index (χ0n) is 14.2. The van der Waals surface area contributed by atoms with Gasteiger partial charge in [-0.3, -0.25) is 4.90 Å². The summed E-state index contributed by atoms with van der Waals surface area (Å²) in [5, 5.41) is 0.829. The Morgan fingerprint density at radius 2 is 2.04 bits per heavy atom. The van der Waals surface area contributed by atoms with Gasteiger partial charge in [0.05, 0.1) is 0 Å². The summed E-state index contributed by atoms with van der Waals surface area (Å²) in [6.07, 6.45) is 7.74. The molecule has 1 aromatic rings. The van der Waals surface area contributed by atoms with Crippen LogP contribution >= 0.6 is 11.8 Å². The number of likely N-dealkylation sites (tertiary alicyclic amines) is 1. The number of nitrogen functional groups attached to an aromatic ring is 1. The Morgan fingerprint density at radius 1 is 1.22 bits per heavy atom. The average Bonchev–Trinajstić information content (AvgIpc) is 3.06. The molecule has 2 aliphatic rings. The highest BCUT2D eigenvalue weighted by Gasteiger charge is 2.29. The predicted octanol–water partition coefficient (Wildman–Crippen LogP) is 3.02. The van der Waals surface area contributed by atoms with Crippen molar-refractivity contribution in [1.82, 2.24) is 14.9 Å². The van der Waals surface area contributed by atoms with Gasteiger partial charge in [0.25, 0.3) is 0 Å². The second-order valence-corrected chi connectivity index (χ2v) is 7.68. The lowest BCUT2D eigenvalue weighted by Gasteiger charge is -2.32. The molecule has 23 heavy (non-hydrogen) atoms. The first-order valence-electron chi connectivity index (χ1n) is 9.02. The summed E-state index contributed by atoms with van der Waals surface area (Å²) >= 11 is 1.72. The molecule has 0 spiro atoms. The van der Waals surface area contributed by atoms with Crippen LogP contribution in [0.4, 0.5) is 11.6 Å². The molecule has 0 bridgehead atoms. The lowest BCUT2D eigenvalue weighted by Crippen LogP contribution is -2.41.